The molecule has 0 radical (unpaired) electrons. The second kappa shape index (κ2) is 3.61. The van der Waals surface area contributed by atoms with E-state index < -0.39 is 0 Å². The largest absolute Gasteiger partial charge is 0.358 e. The van der Waals surface area contributed by atoms with Crippen LogP contribution in [0.3, 0.4) is 0 Å². The van der Waals surface area contributed by atoms with Crippen LogP contribution in [-0.2, 0) is 0 Å². The zero-order valence-electron chi connectivity index (χ0n) is 8.31. The van der Waals surface area contributed by atoms with Crippen molar-refractivity contribution in [3.63, 3.8) is 0 Å². The summed E-state index contributed by atoms with van der Waals surface area (Å²) in [6.45, 7) is 8.53. The van der Waals surface area contributed by atoms with Crippen molar-refractivity contribution in [2.45, 2.75) is 33.6 Å². The molecular formula is C11H17N. The van der Waals surface area contributed by atoms with E-state index in [9.17, 15) is 0 Å². The van der Waals surface area contributed by atoms with E-state index in [1.807, 2.05) is 0 Å². The smallest absolute Gasteiger partial charge is 0.0409 e. The molecular weight excluding hydrogens is 146 g/mol. The first-order valence-electron chi connectivity index (χ1n) is 4.50. The summed E-state index contributed by atoms with van der Waals surface area (Å²) in [7, 11) is 0. The maximum Gasteiger partial charge on any atom is 0.0409 e. The van der Waals surface area contributed by atoms with Crippen LogP contribution in [0.1, 0.15) is 39.3 Å². The molecule has 12 heavy (non-hydrogen) atoms. The number of nitrogens with one attached hydrogen (secondary N) is 1. The molecule has 1 nitrogen and oxygen atoms in total. The molecule has 0 atom stereocenters. The molecule has 0 unspecified atom stereocenters. The van der Waals surface area contributed by atoms with Crippen LogP contribution in [0.15, 0.2) is 6.07 Å². The molecule has 0 amide bonds. The highest BCUT2D eigenvalue weighted by molar-refractivity contribution is 5.29. The minimum atomic E-state index is 0.581. The Morgan fingerprint density at radius 2 is 1.92 bits per heavy atom. The van der Waals surface area contributed by atoms with E-state index in [1.165, 1.54) is 16.3 Å². The van der Waals surface area contributed by atoms with E-state index in [2.05, 4.69) is 50.9 Å². The third-order valence-corrected chi connectivity index (χ3v) is 2.12. The van der Waals surface area contributed by atoms with Gasteiger partial charge < -0.3 is 4.98 Å². The number of aromatic amines is 1. The Morgan fingerprint density at radius 1 is 1.25 bits per heavy atom. The van der Waals surface area contributed by atoms with Crippen molar-refractivity contribution in [2.75, 3.05) is 0 Å². The Bertz CT molecular complexity index is 323. The maximum atomic E-state index is 3.40. The Labute approximate surface area is 73.8 Å². The van der Waals surface area contributed by atoms with E-state index in [-0.39, 0.29) is 0 Å². The molecule has 66 valence electrons. The van der Waals surface area contributed by atoms with Crippen molar-refractivity contribution >= 4 is 12.2 Å². The van der Waals surface area contributed by atoms with E-state index in [0.717, 1.165) is 0 Å². The lowest BCUT2D eigenvalue weighted by molar-refractivity contribution is 0.829. The fourth-order valence-corrected chi connectivity index (χ4v) is 1.30. The van der Waals surface area contributed by atoms with Crippen LogP contribution in [0.4, 0.5) is 0 Å². The van der Waals surface area contributed by atoms with Crippen LogP contribution < -0.4 is 10.6 Å². The van der Waals surface area contributed by atoms with Crippen LogP contribution in [-0.4, -0.2) is 4.98 Å². The summed E-state index contributed by atoms with van der Waals surface area (Å²) in [5, 5.41) is 2.54. The molecule has 1 aromatic heterocycles. The van der Waals surface area contributed by atoms with Gasteiger partial charge in [-0.2, -0.15) is 0 Å². The van der Waals surface area contributed by atoms with Crippen molar-refractivity contribution in [1.29, 1.82) is 0 Å². The SMILES string of the molecule is C/C=c1/cc(C(C)C)[nH]/c1=C/C. The minimum absolute atomic E-state index is 0.581. The summed E-state index contributed by atoms with van der Waals surface area (Å²) < 4.78 is 0. The van der Waals surface area contributed by atoms with Gasteiger partial charge in [0.2, 0.25) is 0 Å². The average Bonchev–Trinajstić information content (AvgIpc) is 2.46. The lowest BCUT2D eigenvalue weighted by Gasteiger charge is -1.97. The summed E-state index contributed by atoms with van der Waals surface area (Å²) in [5.74, 6) is 0.581. The molecule has 1 heteroatoms. The van der Waals surface area contributed by atoms with Gasteiger partial charge in [-0.1, -0.05) is 26.0 Å². The van der Waals surface area contributed by atoms with Gasteiger partial charge in [-0.3, -0.25) is 0 Å². The van der Waals surface area contributed by atoms with Crippen molar-refractivity contribution in [1.82, 2.24) is 4.98 Å². The Morgan fingerprint density at radius 3 is 2.25 bits per heavy atom. The normalized spacial score (nSPS) is 14.8. The molecule has 1 rings (SSSR count). The zero-order valence-corrected chi connectivity index (χ0v) is 8.31. The predicted molar refractivity (Wildman–Crippen MR) is 54.4 cm³/mol. The van der Waals surface area contributed by atoms with Crippen molar-refractivity contribution in [3.8, 4) is 0 Å². The molecule has 0 aromatic carbocycles. The second-order valence-corrected chi connectivity index (χ2v) is 3.33. The lowest BCUT2D eigenvalue weighted by atomic mass is 10.1. The quantitative estimate of drug-likeness (QED) is 0.649. The fourth-order valence-electron chi connectivity index (χ4n) is 1.30. The van der Waals surface area contributed by atoms with Gasteiger partial charge in [-0.05, 0) is 31.1 Å². The molecule has 1 heterocycles. The third kappa shape index (κ3) is 1.60. The van der Waals surface area contributed by atoms with Gasteiger partial charge >= 0.3 is 0 Å². The highest BCUT2D eigenvalue weighted by Gasteiger charge is 1.99. The highest BCUT2D eigenvalue weighted by atomic mass is 14.7. The maximum absolute atomic E-state index is 3.40. The molecule has 0 saturated heterocycles. The summed E-state index contributed by atoms with van der Waals surface area (Å²) >= 11 is 0. The Kier molecular flexibility index (Phi) is 2.74. The summed E-state index contributed by atoms with van der Waals surface area (Å²) in [6.07, 6.45) is 4.25. The molecule has 0 fully saturated rings. The summed E-state index contributed by atoms with van der Waals surface area (Å²) in [6, 6.07) is 2.22. The van der Waals surface area contributed by atoms with Crippen LogP contribution in [0.2, 0.25) is 0 Å². The Hall–Kier alpha value is -0.980. The summed E-state index contributed by atoms with van der Waals surface area (Å²) in [4.78, 5) is 3.40. The van der Waals surface area contributed by atoms with Crippen molar-refractivity contribution < 1.29 is 0 Å². The zero-order chi connectivity index (χ0) is 9.14. The first-order chi connectivity index (χ1) is 5.69. The highest BCUT2D eigenvalue weighted by Crippen LogP contribution is 2.06. The number of rotatable bonds is 1. The van der Waals surface area contributed by atoms with Crippen LogP contribution >= 0.6 is 0 Å². The molecule has 0 saturated carbocycles. The first-order valence-corrected chi connectivity index (χ1v) is 4.50. The van der Waals surface area contributed by atoms with Crippen LogP contribution in [0.5, 0.6) is 0 Å². The Balaban J connectivity index is 3.35. The lowest BCUT2D eigenvalue weighted by Crippen LogP contribution is -2.20. The van der Waals surface area contributed by atoms with Gasteiger partial charge in [0.1, 0.15) is 0 Å². The fraction of sp³-hybridized carbons (Fsp3) is 0.455. The van der Waals surface area contributed by atoms with Gasteiger partial charge in [0.15, 0.2) is 0 Å². The molecule has 0 aliphatic heterocycles. The molecule has 0 aliphatic carbocycles. The number of H-pyrrole nitrogens is 1. The number of aromatic nitrogens is 1. The number of hydrogen-bond donors (Lipinski definition) is 1. The molecule has 0 bridgehead atoms. The minimum Gasteiger partial charge on any atom is -0.358 e. The molecule has 0 aliphatic rings. The van der Waals surface area contributed by atoms with Gasteiger partial charge in [0, 0.05) is 11.0 Å². The van der Waals surface area contributed by atoms with Crippen LogP contribution in [0, 0.1) is 0 Å². The predicted octanol–water partition coefficient (Wildman–Crippen LogP) is 1.74. The standard InChI is InChI=1S/C11H17N/c1-5-9-7-11(8(3)4)12-10(9)6-2/h5-8,12H,1-4H3/b9-5-,10-6+. The van der Waals surface area contributed by atoms with E-state index in [1.54, 1.807) is 0 Å². The van der Waals surface area contributed by atoms with Crippen molar-refractivity contribution in [3.05, 3.63) is 22.3 Å². The van der Waals surface area contributed by atoms with Crippen LogP contribution in [0.25, 0.3) is 12.2 Å². The van der Waals surface area contributed by atoms with Gasteiger partial charge in [0.25, 0.3) is 0 Å². The first kappa shape index (κ1) is 9.11. The molecule has 1 N–H and O–H groups in total. The van der Waals surface area contributed by atoms with Gasteiger partial charge in [-0.25, -0.2) is 0 Å². The van der Waals surface area contributed by atoms with E-state index >= 15 is 0 Å². The second-order valence-electron chi connectivity index (χ2n) is 3.33. The summed E-state index contributed by atoms with van der Waals surface area (Å²) in [5.41, 5.74) is 1.32. The monoisotopic (exact) mass is 163 g/mol. The van der Waals surface area contributed by atoms with E-state index in [0.29, 0.717) is 5.92 Å². The topological polar surface area (TPSA) is 15.8 Å². The van der Waals surface area contributed by atoms with Crippen molar-refractivity contribution in [2.24, 2.45) is 0 Å². The average molecular weight is 163 g/mol. The van der Waals surface area contributed by atoms with Gasteiger partial charge in [0.05, 0.1) is 0 Å². The number of hydrogen-bond acceptors (Lipinski definition) is 0. The van der Waals surface area contributed by atoms with E-state index in [4.69, 9.17) is 0 Å². The van der Waals surface area contributed by atoms with Gasteiger partial charge in [-0.15, -0.1) is 0 Å². The third-order valence-electron chi connectivity index (χ3n) is 2.12. The molecule has 1 aromatic rings. The molecule has 0 spiro atoms.